The van der Waals surface area contributed by atoms with E-state index >= 15 is 0 Å². The molecule has 0 aliphatic carbocycles. The highest BCUT2D eigenvalue weighted by Gasteiger charge is 2.32. The van der Waals surface area contributed by atoms with Crippen LogP contribution in [0.5, 0.6) is 5.75 Å². The molecule has 1 N–H and O–H groups in total. The van der Waals surface area contributed by atoms with Gasteiger partial charge >= 0.3 is 5.97 Å². The third-order valence-corrected chi connectivity index (χ3v) is 5.98. The molecule has 0 bridgehead atoms. The van der Waals surface area contributed by atoms with Crippen LogP contribution in [0, 0.1) is 5.92 Å². The van der Waals surface area contributed by atoms with Crippen molar-refractivity contribution in [3.63, 3.8) is 0 Å². The number of fused-ring (bicyclic) bond motifs is 1. The largest absolute Gasteiger partial charge is 0.496 e. The van der Waals surface area contributed by atoms with E-state index in [9.17, 15) is 9.90 Å². The maximum atomic E-state index is 11.7. The number of carbonyl (C=O) groups is 1. The minimum absolute atomic E-state index is 0.129. The first kappa shape index (κ1) is 19.7. The van der Waals surface area contributed by atoms with E-state index in [1.54, 1.807) is 7.11 Å². The fourth-order valence-electron chi connectivity index (χ4n) is 4.33. The van der Waals surface area contributed by atoms with E-state index in [0.717, 1.165) is 35.2 Å². The fourth-order valence-corrected chi connectivity index (χ4v) is 4.51. The number of nitrogens with zero attached hydrogens (tertiary/aromatic N) is 1. The summed E-state index contributed by atoms with van der Waals surface area (Å²) in [5.74, 6) is -0.341. The number of halogens is 1. The van der Waals surface area contributed by atoms with Gasteiger partial charge in [-0.2, -0.15) is 0 Å². The predicted octanol–water partition coefficient (Wildman–Crippen LogP) is 5.39. The van der Waals surface area contributed by atoms with E-state index in [-0.39, 0.29) is 12.0 Å². The lowest BCUT2D eigenvalue weighted by Gasteiger charge is -2.38. The summed E-state index contributed by atoms with van der Waals surface area (Å²) < 4.78 is 5.65. The number of piperidine rings is 1. The minimum atomic E-state index is -0.731. The van der Waals surface area contributed by atoms with Gasteiger partial charge in [0.1, 0.15) is 5.75 Å². The third-order valence-electron chi connectivity index (χ3n) is 5.74. The van der Waals surface area contributed by atoms with Gasteiger partial charge in [0.05, 0.1) is 19.1 Å². The molecule has 4 nitrogen and oxygen atoms in total. The first-order chi connectivity index (χ1) is 14.1. The highest BCUT2D eigenvalue weighted by atomic mass is 35.5. The van der Waals surface area contributed by atoms with Crippen LogP contribution < -0.4 is 4.74 Å². The smallest absolute Gasteiger partial charge is 0.307 e. The molecule has 3 aromatic rings. The summed E-state index contributed by atoms with van der Waals surface area (Å²) in [5.41, 5.74) is 2.07. The molecular weight excluding hydrogens is 386 g/mol. The van der Waals surface area contributed by atoms with Crippen molar-refractivity contribution in [2.24, 2.45) is 5.92 Å². The lowest BCUT2D eigenvalue weighted by Crippen LogP contribution is -2.41. The van der Waals surface area contributed by atoms with Crippen molar-refractivity contribution in [3.05, 3.63) is 76.8 Å². The Morgan fingerprint density at radius 3 is 2.69 bits per heavy atom. The molecule has 1 saturated heterocycles. The molecule has 0 amide bonds. The Kier molecular flexibility index (Phi) is 5.74. The molecule has 5 heteroatoms. The number of hydrogen-bond donors (Lipinski definition) is 1. The second-order valence-corrected chi connectivity index (χ2v) is 8.00. The quantitative estimate of drug-likeness (QED) is 0.614. The van der Waals surface area contributed by atoms with E-state index in [1.165, 1.54) is 5.39 Å². The van der Waals surface area contributed by atoms with Crippen LogP contribution in [0.1, 0.15) is 30.0 Å². The van der Waals surface area contributed by atoms with Crippen molar-refractivity contribution in [3.8, 4) is 5.75 Å². The Bertz CT molecular complexity index is 1040. The third kappa shape index (κ3) is 4.09. The summed E-state index contributed by atoms with van der Waals surface area (Å²) in [6.45, 7) is 1.33. The van der Waals surface area contributed by atoms with Crippen molar-refractivity contribution in [2.75, 3.05) is 20.2 Å². The number of benzene rings is 3. The predicted molar refractivity (Wildman–Crippen MR) is 116 cm³/mol. The van der Waals surface area contributed by atoms with Gasteiger partial charge in [-0.05, 0) is 60.0 Å². The normalized spacial score (nSPS) is 18.5. The molecule has 1 aliphatic rings. The maximum absolute atomic E-state index is 11.7. The molecule has 0 saturated carbocycles. The number of hydrogen-bond acceptors (Lipinski definition) is 3. The summed E-state index contributed by atoms with van der Waals surface area (Å²) >= 11 is 6.35. The zero-order valence-corrected chi connectivity index (χ0v) is 17.1. The van der Waals surface area contributed by atoms with Gasteiger partial charge in [0.15, 0.2) is 0 Å². The van der Waals surface area contributed by atoms with Gasteiger partial charge in [-0.15, -0.1) is 0 Å². The highest BCUT2D eigenvalue weighted by Crippen LogP contribution is 2.39. The highest BCUT2D eigenvalue weighted by molar-refractivity contribution is 6.30. The Morgan fingerprint density at radius 1 is 1.14 bits per heavy atom. The standard InChI is InChI=1S/C24H24ClNO3/c1-29-22-11-10-20(25)14-21(22)23(26-12-4-7-19(15-26)24(27)28)18-9-8-16-5-2-3-6-17(16)13-18/h2-3,5-6,8-11,13-14,19,23H,4,7,12,15H2,1H3,(H,27,28). The zero-order valence-electron chi connectivity index (χ0n) is 16.3. The van der Waals surface area contributed by atoms with Gasteiger partial charge in [0.2, 0.25) is 0 Å². The molecule has 1 aliphatic heterocycles. The van der Waals surface area contributed by atoms with Crippen LogP contribution in [-0.2, 0) is 4.79 Å². The van der Waals surface area contributed by atoms with Crippen LogP contribution in [0.3, 0.4) is 0 Å². The topological polar surface area (TPSA) is 49.8 Å². The van der Waals surface area contributed by atoms with E-state index < -0.39 is 5.97 Å². The Balaban J connectivity index is 1.84. The number of carboxylic acid groups (broad SMARTS) is 1. The number of carboxylic acids is 1. The molecule has 0 spiro atoms. The monoisotopic (exact) mass is 409 g/mol. The van der Waals surface area contributed by atoms with Gasteiger partial charge in [-0.3, -0.25) is 9.69 Å². The van der Waals surface area contributed by atoms with Gasteiger partial charge in [0.25, 0.3) is 0 Å². The van der Waals surface area contributed by atoms with Crippen molar-refractivity contribution in [2.45, 2.75) is 18.9 Å². The van der Waals surface area contributed by atoms with E-state index in [1.807, 2.05) is 30.3 Å². The summed E-state index contributed by atoms with van der Waals surface area (Å²) in [4.78, 5) is 13.9. The molecule has 3 aromatic carbocycles. The molecule has 150 valence electrons. The number of methoxy groups -OCH3 is 1. The zero-order chi connectivity index (χ0) is 20.4. The molecule has 0 aromatic heterocycles. The summed E-state index contributed by atoms with van der Waals surface area (Å²) in [7, 11) is 1.65. The van der Waals surface area contributed by atoms with Gasteiger partial charge in [0, 0.05) is 17.1 Å². The summed E-state index contributed by atoms with van der Waals surface area (Å²) in [6, 6.07) is 20.2. The molecule has 0 radical (unpaired) electrons. The second kappa shape index (κ2) is 8.44. The van der Waals surface area contributed by atoms with E-state index in [2.05, 4.69) is 35.2 Å². The van der Waals surface area contributed by atoms with Gasteiger partial charge < -0.3 is 9.84 Å². The Hall–Kier alpha value is -2.56. The average molecular weight is 410 g/mol. The lowest BCUT2D eigenvalue weighted by atomic mass is 9.90. The van der Waals surface area contributed by atoms with Gasteiger partial charge in [-0.25, -0.2) is 0 Å². The first-order valence-corrected chi connectivity index (χ1v) is 10.2. The van der Waals surface area contributed by atoms with Crippen LogP contribution >= 0.6 is 11.6 Å². The maximum Gasteiger partial charge on any atom is 0.307 e. The summed E-state index contributed by atoms with van der Waals surface area (Å²) in [5, 5.41) is 12.6. The summed E-state index contributed by atoms with van der Waals surface area (Å²) in [6.07, 6.45) is 1.56. The Morgan fingerprint density at radius 2 is 1.93 bits per heavy atom. The molecule has 2 atom stereocenters. The van der Waals surface area contributed by atoms with Crippen LogP contribution in [0.15, 0.2) is 60.7 Å². The first-order valence-electron chi connectivity index (χ1n) is 9.86. The van der Waals surface area contributed by atoms with Crippen LogP contribution in [0.4, 0.5) is 0 Å². The molecule has 1 heterocycles. The van der Waals surface area contributed by atoms with Gasteiger partial charge in [-0.1, -0.05) is 48.0 Å². The van der Waals surface area contributed by atoms with Crippen LogP contribution in [0.2, 0.25) is 5.02 Å². The molecule has 2 unspecified atom stereocenters. The second-order valence-electron chi connectivity index (χ2n) is 7.57. The van der Waals surface area contributed by atoms with Crippen LogP contribution in [0.25, 0.3) is 10.8 Å². The molecule has 1 fully saturated rings. The average Bonchev–Trinajstić information content (AvgIpc) is 2.74. The SMILES string of the molecule is COc1ccc(Cl)cc1C(c1ccc2ccccc2c1)N1CCCC(C(=O)O)C1. The lowest BCUT2D eigenvalue weighted by molar-refractivity contribution is -0.143. The minimum Gasteiger partial charge on any atom is -0.496 e. The van der Waals surface area contributed by atoms with Crippen molar-refractivity contribution >= 4 is 28.3 Å². The van der Waals surface area contributed by atoms with E-state index in [0.29, 0.717) is 18.0 Å². The van der Waals surface area contributed by atoms with Crippen molar-refractivity contribution in [1.29, 1.82) is 0 Å². The Labute approximate surface area is 175 Å². The fraction of sp³-hybridized carbons (Fsp3) is 0.292. The molecular formula is C24H24ClNO3. The number of ether oxygens (including phenoxy) is 1. The number of likely N-dealkylation sites (tertiary alicyclic amines) is 1. The molecule has 4 rings (SSSR count). The molecule has 29 heavy (non-hydrogen) atoms. The number of rotatable bonds is 5. The van der Waals surface area contributed by atoms with Crippen molar-refractivity contribution < 1.29 is 14.6 Å². The van der Waals surface area contributed by atoms with E-state index in [4.69, 9.17) is 16.3 Å². The number of aliphatic carboxylic acids is 1. The van der Waals surface area contributed by atoms with Crippen LogP contribution in [-0.4, -0.2) is 36.2 Å². The van der Waals surface area contributed by atoms with Crippen molar-refractivity contribution in [1.82, 2.24) is 4.90 Å².